The summed E-state index contributed by atoms with van der Waals surface area (Å²) in [5, 5.41) is 4.73. The van der Waals surface area contributed by atoms with Crippen LogP contribution in [0.15, 0.2) is 66.0 Å². The molecule has 156 valence electrons. The molecular formula is C24H26ClN3OS. The number of fused-ring (bicyclic) bond motifs is 2. The minimum absolute atomic E-state index is 0. The molecule has 0 atom stereocenters. The van der Waals surface area contributed by atoms with Crippen molar-refractivity contribution < 1.29 is 4.74 Å². The van der Waals surface area contributed by atoms with E-state index in [2.05, 4.69) is 56.6 Å². The Bertz CT molecular complexity index is 1110. The molecule has 0 N–H and O–H groups in total. The third-order valence-electron chi connectivity index (χ3n) is 5.63. The highest BCUT2D eigenvalue weighted by atomic mass is 35.5. The number of piperazine rings is 1. The Labute approximate surface area is 187 Å². The van der Waals surface area contributed by atoms with Crippen molar-refractivity contribution >= 4 is 50.4 Å². The number of hydrogen-bond acceptors (Lipinski definition) is 5. The van der Waals surface area contributed by atoms with Gasteiger partial charge in [0.25, 0.3) is 0 Å². The Hall–Kier alpha value is -2.34. The number of para-hydroxylation sites is 1. The van der Waals surface area contributed by atoms with Gasteiger partial charge in [0.1, 0.15) is 0 Å². The quantitative estimate of drug-likeness (QED) is 0.373. The highest BCUT2D eigenvalue weighted by Crippen LogP contribution is 2.31. The largest absolute Gasteiger partial charge is 0.478 e. The van der Waals surface area contributed by atoms with Gasteiger partial charge in [0.05, 0.1) is 12.1 Å². The first kappa shape index (κ1) is 20.9. The molecule has 4 nitrogen and oxygen atoms in total. The number of halogens is 1. The molecule has 0 saturated carbocycles. The second-order valence-corrected chi connectivity index (χ2v) is 8.43. The number of nitrogens with zero attached hydrogens (tertiary/aromatic N) is 3. The molecule has 1 saturated heterocycles. The summed E-state index contributed by atoms with van der Waals surface area (Å²) < 4.78 is 7.27. The molecule has 1 aliphatic heterocycles. The lowest BCUT2D eigenvalue weighted by atomic mass is 10.2. The summed E-state index contributed by atoms with van der Waals surface area (Å²) >= 11 is 1.82. The summed E-state index contributed by atoms with van der Waals surface area (Å²) in [7, 11) is 0. The van der Waals surface area contributed by atoms with E-state index in [0.29, 0.717) is 6.61 Å². The third-order valence-corrected chi connectivity index (χ3v) is 6.51. The van der Waals surface area contributed by atoms with Gasteiger partial charge in [-0.05, 0) is 42.1 Å². The zero-order valence-electron chi connectivity index (χ0n) is 16.9. The Balaban J connectivity index is 0.00000218. The van der Waals surface area contributed by atoms with Crippen molar-refractivity contribution in [2.75, 3.05) is 44.2 Å². The number of anilines is 1. The lowest BCUT2D eigenvalue weighted by molar-refractivity contribution is 0.222. The summed E-state index contributed by atoms with van der Waals surface area (Å²) in [5.41, 5.74) is 2.37. The fourth-order valence-electron chi connectivity index (χ4n) is 4.06. The maximum Gasteiger partial charge on any atom is 0.213 e. The Morgan fingerprint density at radius 3 is 2.67 bits per heavy atom. The van der Waals surface area contributed by atoms with Gasteiger partial charge in [0, 0.05) is 59.9 Å². The number of ether oxygens (including phenoxy) is 1. The van der Waals surface area contributed by atoms with Crippen LogP contribution in [0.4, 0.5) is 5.69 Å². The van der Waals surface area contributed by atoms with Crippen LogP contribution in [0.5, 0.6) is 5.88 Å². The lowest BCUT2D eigenvalue weighted by Gasteiger charge is -2.36. The molecule has 0 radical (unpaired) electrons. The van der Waals surface area contributed by atoms with E-state index < -0.39 is 0 Å². The van der Waals surface area contributed by atoms with E-state index in [1.165, 1.54) is 15.8 Å². The van der Waals surface area contributed by atoms with Crippen LogP contribution in [0.2, 0.25) is 0 Å². The van der Waals surface area contributed by atoms with Crippen LogP contribution in [-0.2, 0) is 0 Å². The van der Waals surface area contributed by atoms with Crippen LogP contribution in [0.25, 0.3) is 21.0 Å². The predicted octanol–water partition coefficient (Wildman–Crippen LogP) is 5.46. The van der Waals surface area contributed by atoms with Crippen LogP contribution in [0.1, 0.15) is 6.42 Å². The van der Waals surface area contributed by atoms with Crippen molar-refractivity contribution in [3.63, 3.8) is 0 Å². The van der Waals surface area contributed by atoms with Gasteiger partial charge in [-0.3, -0.25) is 4.90 Å². The first-order valence-electron chi connectivity index (χ1n) is 10.3. The van der Waals surface area contributed by atoms with Gasteiger partial charge in [-0.25, -0.2) is 4.98 Å². The molecule has 0 spiro atoms. The zero-order valence-corrected chi connectivity index (χ0v) is 18.5. The van der Waals surface area contributed by atoms with Gasteiger partial charge >= 0.3 is 0 Å². The van der Waals surface area contributed by atoms with Crippen molar-refractivity contribution in [3.8, 4) is 5.88 Å². The topological polar surface area (TPSA) is 28.6 Å². The van der Waals surface area contributed by atoms with Gasteiger partial charge in [0.15, 0.2) is 0 Å². The van der Waals surface area contributed by atoms with Gasteiger partial charge in [-0.15, -0.1) is 23.7 Å². The van der Waals surface area contributed by atoms with Gasteiger partial charge in [0.2, 0.25) is 5.88 Å². The van der Waals surface area contributed by atoms with E-state index in [4.69, 9.17) is 4.74 Å². The monoisotopic (exact) mass is 439 g/mol. The summed E-state index contributed by atoms with van der Waals surface area (Å²) in [4.78, 5) is 9.65. The van der Waals surface area contributed by atoms with E-state index in [9.17, 15) is 0 Å². The van der Waals surface area contributed by atoms with Crippen molar-refractivity contribution in [1.82, 2.24) is 9.88 Å². The van der Waals surface area contributed by atoms with E-state index >= 15 is 0 Å². The minimum atomic E-state index is 0. The number of hydrogen-bond donors (Lipinski definition) is 0. The van der Waals surface area contributed by atoms with E-state index in [0.717, 1.165) is 55.9 Å². The summed E-state index contributed by atoms with van der Waals surface area (Å²) in [6, 6.07) is 21.1. The van der Waals surface area contributed by atoms with Crippen LogP contribution < -0.4 is 9.64 Å². The number of rotatable bonds is 6. The van der Waals surface area contributed by atoms with Crippen molar-refractivity contribution in [1.29, 1.82) is 0 Å². The molecule has 30 heavy (non-hydrogen) atoms. The number of pyridine rings is 1. The zero-order chi connectivity index (χ0) is 19.5. The number of thiophene rings is 1. The van der Waals surface area contributed by atoms with Crippen LogP contribution in [0, 0.1) is 0 Å². The van der Waals surface area contributed by atoms with E-state index in [1.807, 2.05) is 35.6 Å². The first-order valence-corrected chi connectivity index (χ1v) is 11.2. The summed E-state index contributed by atoms with van der Waals surface area (Å²) in [6.07, 6.45) is 1.02. The summed E-state index contributed by atoms with van der Waals surface area (Å²) in [5.74, 6) is 0.720. The van der Waals surface area contributed by atoms with Gasteiger partial charge in [-0.1, -0.05) is 24.3 Å². The Morgan fingerprint density at radius 2 is 1.77 bits per heavy atom. The predicted molar refractivity (Wildman–Crippen MR) is 130 cm³/mol. The van der Waals surface area contributed by atoms with E-state index in [1.54, 1.807) is 0 Å². The molecule has 5 rings (SSSR count). The summed E-state index contributed by atoms with van der Waals surface area (Å²) in [6.45, 7) is 6.16. The van der Waals surface area contributed by atoms with Crippen LogP contribution in [0.3, 0.4) is 0 Å². The standard InChI is InChI=1S/C24H25N3OS.ClH/c1-2-6-21-19(5-1)9-10-24(25-21)28-17-4-12-26-13-15-27(16-14-26)22-7-3-8-23-20(22)11-18-29-23;/h1-3,5-11,18H,4,12-17H2;1H. The maximum atomic E-state index is 5.89. The SMILES string of the molecule is Cl.c1ccc2nc(OCCCN3CCN(c4cccc5sccc45)CC3)ccc2c1. The van der Waals surface area contributed by atoms with Crippen molar-refractivity contribution in [3.05, 3.63) is 66.0 Å². The third kappa shape index (κ3) is 4.53. The molecule has 1 aliphatic rings. The fraction of sp³-hybridized carbons (Fsp3) is 0.292. The van der Waals surface area contributed by atoms with E-state index in [-0.39, 0.29) is 12.4 Å². The molecule has 4 aromatic rings. The lowest BCUT2D eigenvalue weighted by Crippen LogP contribution is -2.46. The maximum absolute atomic E-state index is 5.89. The second kappa shape index (κ2) is 9.65. The average molecular weight is 440 g/mol. The number of benzene rings is 2. The van der Waals surface area contributed by atoms with Crippen LogP contribution in [-0.4, -0.2) is 49.2 Å². The molecule has 0 unspecified atom stereocenters. The molecule has 0 bridgehead atoms. The second-order valence-electron chi connectivity index (χ2n) is 7.48. The Morgan fingerprint density at radius 1 is 0.900 bits per heavy atom. The van der Waals surface area contributed by atoms with Crippen LogP contribution >= 0.6 is 23.7 Å². The molecule has 2 aromatic heterocycles. The average Bonchev–Trinajstić information content (AvgIpc) is 3.26. The molecule has 1 fully saturated rings. The van der Waals surface area contributed by atoms with Gasteiger partial charge in [-0.2, -0.15) is 0 Å². The molecule has 6 heteroatoms. The molecular weight excluding hydrogens is 414 g/mol. The smallest absolute Gasteiger partial charge is 0.213 e. The number of aromatic nitrogens is 1. The molecule has 2 aromatic carbocycles. The highest BCUT2D eigenvalue weighted by Gasteiger charge is 2.18. The van der Waals surface area contributed by atoms with Crippen molar-refractivity contribution in [2.24, 2.45) is 0 Å². The molecule has 0 amide bonds. The fourth-order valence-corrected chi connectivity index (χ4v) is 4.87. The normalized spacial score (nSPS) is 14.7. The molecule has 3 heterocycles. The Kier molecular flexibility index (Phi) is 6.72. The van der Waals surface area contributed by atoms with Crippen molar-refractivity contribution in [2.45, 2.75) is 6.42 Å². The first-order chi connectivity index (χ1) is 14.4. The minimum Gasteiger partial charge on any atom is -0.478 e. The molecule has 0 aliphatic carbocycles. The highest BCUT2D eigenvalue weighted by molar-refractivity contribution is 7.17. The van der Waals surface area contributed by atoms with Gasteiger partial charge < -0.3 is 9.64 Å².